The van der Waals surface area contributed by atoms with Gasteiger partial charge in [-0.2, -0.15) is 0 Å². The summed E-state index contributed by atoms with van der Waals surface area (Å²) in [5, 5.41) is 2.41. The van der Waals surface area contributed by atoms with Crippen molar-refractivity contribution in [2.75, 3.05) is 5.73 Å². The van der Waals surface area contributed by atoms with E-state index in [0.717, 1.165) is 11.1 Å². The Morgan fingerprint density at radius 2 is 1.57 bits per heavy atom. The third-order valence-electron chi connectivity index (χ3n) is 5.34. The fourth-order valence-electron chi connectivity index (χ4n) is 4.24. The molecule has 0 saturated carbocycles. The summed E-state index contributed by atoms with van der Waals surface area (Å²) < 4.78 is 2.39. The van der Waals surface area contributed by atoms with Crippen LogP contribution in [0.3, 0.4) is 0 Å². The van der Waals surface area contributed by atoms with Crippen molar-refractivity contribution in [1.29, 1.82) is 0 Å². The Morgan fingerprint density at radius 1 is 0.826 bits per heavy atom. The number of nitrogens with zero attached hydrogens (tertiary/aromatic N) is 1. The van der Waals surface area contributed by atoms with Crippen molar-refractivity contribution >= 4 is 27.5 Å². The summed E-state index contributed by atoms with van der Waals surface area (Å²) in [5.41, 5.74) is 13.6. The summed E-state index contributed by atoms with van der Waals surface area (Å²) in [6, 6.07) is 21.5. The molecule has 0 fully saturated rings. The van der Waals surface area contributed by atoms with Crippen LogP contribution in [-0.4, -0.2) is 4.57 Å². The van der Waals surface area contributed by atoms with Gasteiger partial charge in [-0.15, -0.1) is 0 Å². The van der Waals surface area contributed by atoms with Crippen LogP contribution in [0.25, 0.3) is 27.5 Å². The fourth-order valence-corrected chi connectivity index (χ4v) is 4.24. The van der Waals surface area contributed by atoms with E-state index in [4.69, 9.17) is 5.73 Å². The smallest absolute Gasteiger partial charge is 0.0582 e. The van der Waals surface area contributed by atoms with Gasteiger partial charge in [0.2, 0.25) is 0 Å². The third-order valence-corrected chi connectivity index (χ3v) is 5.34. The van der Waals surface area contributed by atoms with E-state index >= 15 is 0 Å². The molecule has 2 heterocycles. The quantitative estimate of drug-likeness (QED) is 0.455. The summed E-state index contributed by atoms with van der Waals surface area (Å²) >= 11 is 0. The van der Waals surface area contributed by atoms with Gasteiger partial charge in [0.25, 0.3) is 0 Å². The lowest BCUT2D eigenvalue weighted by Crippen LogP contribution is -2.26. The molecule has 3 aromatic carbocycles. The van der Waals surface area contributed by atoms with Crippen molar-refractivity contribution in [1.82, 2.24) is 4.57 Å². The number of para-hydroxylation sites is 2. The molecule has 112 valence electrons. The van der Waals surface area contributed by atoms with Crippen LogP contribution in [-0.2, 0) is 5.41 Å². The summed E-state index contributed by atoms with van der Waals surface area (Å²) in [6.45, 7) is 4.62. The molecule has 5 rings (SSSR count). The number of benzene rings is 3. The van der Waals surface area contributed by atoms with Gasteiger partial charge in [-0.1, -0.05) is 56.3 Å². The first-order chi connectivity index (χ1) is 11.1. The molecule has 1 aromatic heterocycles. The molecule has 0 unspecified atom stereocenters. The average molecular weight is 298 g/mol. The largest absolute Gasteiger partial charge is 0.398 e. The van der Waals surface area contributed by atoms with E-state index in [9.17, 15) is 0 Å². The lowest BCUT2D eigenvalue weighted by molar-refractivity contribution is 0.630. The van der Waals surface area contributed by atoms with Crippen molar-refractivity contribution in [2.45, 2.75) is 19.3 Å². The molecular formula is C21H18N2. The van der Waals surface area contributed by atoms with E-state index in [1.165, 1.54) is 33.2 Å². The minimum Gasteiger partial charge on any atom is -0.398 e. The molecule has 23 heavy (non-hydrogen) atoms. The van der Waals surface area contributed by atoms with Gasteiger partial charge in [0, 0.05) is 21.9 Å². The molecule has 2 N–H and O–H groups in total. The second kappa shape index (κ2) is 3.96. The number of aromatic nitrogens is 1. The highest BCUT2D eigenvalue weighted by molar-refractivity contribution is 6.16. The van der Waals surface area contributed by atoms with Crippen molar-refractivity contribution in [2.24, 2.45) is 0 Å². The van der Waals surface area contributed by atoms with Crippen LogP contribution in [0, 0.1) is 0 Å². The average Bonchev–Trinajstić information content (AvgIpc) is 2.89. The first-order valence-electron chi connectivity index (χ1n) is 8.02. The number of rotatable bonds is 0. The van der Waals surface area contributed by atoms with Crippen LogP contribution >= 0.6 is 0 Å². The van der Waals surface area contributed by atoms with Crippen LogP contribution in [0.5, 0.6) is 0 Å². The number of hydrogen-bond donors (Lipinski definition) is 1. The van der Waals surface area contributed by atoms with E-state index in [1.54, 1.807) is 0 Å². The van der Waals surface area contributed by atoms with Gasteiger partial charge in [0.05, 0.1) is 16.7 Å². The van der Waals surface area contributed by atoms with E-state index < -0.39 is 0 Å². The van der Waals surface area contributed by atoms with Crippen LogP contribution in [0.15, 0.2) is 60.7 Å². The van der Waals surface area contributed by atoms with Gasteiger partial charge in [-0.25, -0.2) is 0 Å². The number of fused-ring (bicyclic) bond motifs is 5. The topological polar surface area (TPSA) is 30.9 Å². The van der Waals surface area contributed by atoms with Crippen LogP contribution < -0.4 is 5.73 Å². The maximum Gasteiger partial charge on any atom is 0.0582 e. The molecule has 0 radical (unpaired) electrons. The predicted octanol–water partition coefficient (Wildman–Crippen LogP) is 5.01. The number of nitrogens with two attached hydrogens (primary N) is 1. The normalized spacial score (nSPS) is 15.0. The first kappa shape index (κ1) is 12.8. The maximum atomic E-state index is 6.34. The van der Waals surface area contributed by atoms with Crippen molar-refractivity contribution in [3.8, 4) is 5.69 Å². The lowest BCUT2D eigenvalue weighted by atomic mass is 9.75. The fraction of sp³-hybridized carbons (Fsp3) is 0.143. The Kier molecular flexibility index (Phi) is 2.20. The monoisotopic (exact) mass is 298 g/mol. The van der Waals surface area contributed by atoms with Crippen LogP contribution in [0.2, 0.25) is 0 Å². The van der Waals surface area contributed by atoms with Gasteiger partial charge < -0.3 is 10.3 Å². The standard InChI is InChI=1S/C21H18N2/c1-21(2)14-8-3-4-11-17(14)23-18-12-6-10-16(22)19(18)13-7-5-9-15(21)20(13)23/h3-12H,22H2,1-2H3. The number of hydrogen-bond acceptors (Lipinski definition) is 1. The highest BCUT2D eigenvalue weighted by atomic mass is 15.0. The lowest BCUT2D eigenvalue weighted by Gasteiger charge is -2.34. The van der Waals surface area contributed by atoms with Gasteiger partial charge in [0.1, 0.15) is 0 Å². The summed E-state index contributed by atoms with van der Waals surface area (Å²) in [7, 11) is 0. The van der Waals surface area contributed by atoms with Gasteiger partial charge >= 0.3 is 0 Å². The third kappa shape index (κ3) is 1.39. The summed E-state index contributed by atoms with van der Waals surface area (Å²) in [5.74, 6) is 0. The minimum absolute atomic E-state index is 0.0186. The first-order valence-corrected chi connectivity index (χ1v) is 8.02. The maximum absolute atomic E-state index is 6.34. The van der Waals surface area contributed by atoms with Crippen LogP contribution in [0.1, 0.15) is 25.0 Å². The SMILES string of the molecule is CC1(C)c2ccccc2-n2c3cccc(N)c3c3cccc1c32. The second-order valence-corrected chi connectivity index (χ2v) is 6.92. The Labute approximate surface area is 135 Å². The van der Waals surface area contributed by atoms with E-state index in [1.807, 2.05) is 12.1 Å². The zero-order chi connectivity index (χ0) is 15.8. The van der Waals surface area contributed by atoms with Crippen molar-refractivity contribution in [3.63, 3.8) is 0 Å². The molecule has 4 aromatic rings. The molecule has 2 heteroatoms. The molecular weight excluding hydrogens is 280 g/mol. The highest BCUT2D eigenvalue weighted by Gasteiger charge is 2.34. The van der Waals surface area contributed by atoms with Crippen molar-refractivity contribution < 1.29 is 0 Å². The van der Waals surface area contributed by atoms with E-state index in [2.05, 4.69) is 66.9 Å². The Morgan fingerprint density at radius 3 is 2.43 bits per heavy atom. The molecule has 0 saturated heterocycles. The van der Waals surface area contributed by atoms with E-state index in [0.29, 0.717) is 0 Å². The molecule has 1 aliphatic rings. The molecule has 2 nitrogen and oxygen atoms in total. The minimum atomic E-state index is -0.0186. The zero-order valence-electron chi connectivity index (χ0n) is 13.3. The number of nitrogen functional groups attached to an aromatic ring is 1. The number of anilines is 1. The summed E-state index contributed by atoms with van der Waals surface area (Å²) in [4.78, 5) is 0. The summed E-state index contributed by atoms with van der Waals surface area (Å²) in [6.07, 6.45) is 0. The molecule has 1 aliphatic heterocycles. The van der Waals surface area contributed by atoms with Gasteiger partial charge in [0.15, 0.2) is 0 Å². The van der Waals surface area contributed by atoms with Crippen LogP contribution in [0.4, 0.5) is 5.69 Å². The van der Waals surface area contributed by atoms with Gasteiger partial charge in [-0.05, 0) is 29.3 Å². The molecule has 0 aliphatic carbocycles. The Balaban J connectivity index is 2.16. The Hall–Kier alpha value is -2.74. The van der Waals surface area contributed by atoms with E-state index in [-0.39, 0.29) is 5.41 Å². The molecule has 0 spiro atoms. The zero-order valence-corrected chi connectivity index (χ0v) is 13.3. The molecule has 0 amide bonds. The van der Waals surface area contributed by atoms with Crippen molar-refractivity contribution in [3.05, 3.63) is 71.8 Å². The van der Waals surface area contributed by atoms with Gasteiger partial charge in [-0.3, -0.25) is 0 Å². The molecule has 0 bridgehead atoms. The predicted molar refractivity (Wildman–Crippen MR) is 97.3 cm³/mol. The highest BCUT2D eigenvalue weighted by Crippen LogP contribution is 2.47. The second-order valence-electron chi connectivity index (χ2n) is 6.92. The Bertz CT molecular complexity index is 1100. The molecule has 0 atom stereocenters.